The van der Waals surface area contributed by atoms with Crippen LogP contribution in [0.1, 0.15) is 48.0 Å². The fourth-order valence-electron chi connectivity index (χ4n) is 1.63. The Balaban J connectivity index is 2.80. The van der Waals surface area contributed by atoms with Crippen molar-refractivity contribution in [1.82, 2.24) is 0 Å². The molecule has 0 nitrogen and oxygen atoms in total. The monoisotopic (exact) mass is 191 g/mol. The highest BCUT2D eigenvalue weighted by atomic mass is 14.3. The van der Waals surface area contributed by atoms with Crippen molar-refractivity contribution in [3.05, 3.63) is 29.7 Å². The normalized spacial score (nSPS) is 19.7. The van der Waals surface area contributed by atoms with Gasteiger partial charge in [0.1, 0.15) is 0 Å². The summed E-state index contributed by atoms with van der Waals surface area (Å²) in [5.74, 6) is 1.55. The first-order valence-corrected chi connectivity index (χ1v) is 5.45. The van der Waals surface area contributed by atoms with Crippen LogP contribution in [0.15, 0.2) is 23.8 Å². The Kier molecular flexibility index (Phi) is 2.94. The molecule has 1 aliphatic carbocycles. The second-order valence-corrected chi connectivity index (χ2v) is 6.25. The minimum Gasteiger partial charge on any atom is -0.0766 e. The van der Waals surface area contributed by atoms with Crippen molar-refractivity contribution in [2.24, 2.45) is 10.8 Å². The Bertz CT molecular complexity index is 253. The predicted octanol–water partition coefficient (Wildman–Crippen LogP) is 4.54. The third-order valence-corrected chi connectivity index (χ3v) is 2.90. The van der Waals surface area contributed by atoms with Gasteiger partial charge in [-0.25, -0.2) is 0 Å². The van der Waals surface area contributed by atoms with Gasteiger partial charge in [-0.3, -0.25) is 0 Å². The summed E-state index contributed by atoms with van der Waals surface area (Å²) in [6.45, 7) is 13.7. The lowest BCUT2D eigenvalue weighted by Gasteiger charge is -2.34. The molecule has 0 saturated carbocycles. The van der Waals surface area contributed by atoms with Crippen molar-refractivity contribution >= 4 is 0 Å². The molecule has 0 bridgehead atoms. The predicted molar refractivity (Wildman–Crippen MR) is 64.0 cm³/mol. The maximum absolute atomic E-state index is 2.29. The molecule has 0 atom stereocenters. The van der Waals surface area contributed by atoms with Crippen molar-refractivity contribution < 1.29 is 0 Å². The van der Waals surface area contributed by atoms with Crippen molar-refractivity contribution in [2.75, 3.05) is 0 Å². The third kappa shape index (κ3) is 2.73. The van der Waals surface area contributed by atoms with Crippen LogP contribution >= 0.6 is 0 Å². The van der Waals surface area contributed by atoms with Gasteiger partial charge in [-0.1, -0.05) is 65.3 Å². The standard InChI is InChI=1S/C14H23/c1-13(2,3)11-8-7-9-12(10-11)14(4,5)6/h7-9H,10H2,1-6H3. The van der Waals surface area contributed by atoms with Gasteiger partial charge < -0.3 is 0 Å². The van der Waals surface area contributed by atoms with Gasteiger partial charge in [-0.2, -0.15) is 0 Å². The van der Waals surface area contributed by atoms with Gasteiger partial charge in [-0.05, 0) is 17.3 Å². The Morgan fingerprint density at radius 2 is 1.50 bits per heavy atom. The highest BCUT2D eigenvalue weighted by Gasteiger charge is 2.28. The fourth-order valence-corrected chi connectivity index (χ4v) is 1.63. The summed E-state index contributed by atoms with van der Waals surface area (Å²) in [5.41, 5.74) is 2.16. The first-order chi connectivity index (χ1) is 6.21. The number of hydrogen-bond donors (Lipinski definition) is 0. The second kappa shape index (κ2) is 3.56. The van der Waals surface area contributed by atoms with E-state index in [0.717, 1.165) is 6.42 Å². The highest BCUT2D eigenvalue weighted by Crippen LogP contribution is 2.41. The zero-order chi connectivity index (χ0) is 11.0. The van der Waals surface area contributed by atoms with Crippen molar-refractivity contribution in [3.63, 3.8) is 0 Å². The van der Waals surface area contributed by atoms with Crippen molar-refractivity contribution in [3.8, 4) is 0 Å². The summed E-state index contributed by atoms with van der Waals surface area (Å²) in [5, 5.41) is 0. The number of rotatable bonds is 0. The molecule has 0 aromatic carbocycles. The molecule has 0 heteroatoms. The van der Waals surface area contributed by atoms with Gasteiger partial charge in [0.2, 0.25) is 0 Å². The van der Waals surface area contributed by atoms with Gasteiger partial charge in [0.05, 0.1) is 0 Å². The molecule has 0 N–H and O–H groups in total. The molecule has 14 heavy (non-hydrogen) atoms. The van der Waals surface area contributed by atoms with E-state index in [4.69, 9.17) is 0 Å². The van der Waals surface area contributed by atoms with Gasteiger partial charge in [-0.15, -0.1) is 0 Å². The van der Waals surface area contributed by atoms with Gasteiger partial charge >= 0.3 is 0 Å². The molecule has 1 aliphatic rings. The number of hydrogen-bond acceptors (Lipinski definition) is 0. The van der Waals surface area contributed by atoms with E-state index in [1.807, 2.05) is 0 Å². The number of allylic oxidation sites excluding steroid dienone is 4. The van der Waals surface area contributed by atoms with Crippen LogP contribution in [0, 0.1) is 16.7 Å². The van der Waals surface area contributed by atoms with E-state index < -0.39 is 0 Å². The van der Waals surface area contributed by atoms with E-state index in [0.29, 0.717) is 10.8 Å². The minimum atomic E-state index is 0.307. The molecule has 0 aromatic rings. The maximum atomic E-state index is 2.29. The molecular formula is C14H23. The molecule has 1 rings (SSSR count). The molecule has 0 fully saturated rings. The zero-order valence-corrected chi connectivity index (χ0v) is 10.4. The lowest BCUT2D eigenvalue weighted by Crippen LogP contribution is -2.22. The second-order valence-electron chi connectivity index (χ2n) is 6.25. The largest absolute Gasteiger partial charge is 0.0766 e. The first kappa shape index (κ1) is 11.6. The summed E-state index contributed by atoms with van der Waals surface area (Å²) >= 11 is 0. The molecule has 79 valence electrons. The SMILES string of the molecule is CC(C)(C)[C]1C=CC=C(C(C)(C)C)C1. The topological polar surface area (TPSA) is 0 Å². The Morgan fingerprint density at radius 3 is 1.93 bits per heavy atom. The van der Waals surface area contributed by atoms with Gasteiger partial charge in [0, 0.05) is 5.92 Å². The molecule has 1 radical (unpaired) electrons. The minimum absolute atomic E-state index is 0.307. The van der Waals surface area contributed by atoms with E-state index in [-0.39, 0.29) is 0 Å². The molecule has 0 aromatic heterocycles. The molecule has 0 saturated heterocycles. The van der Waals surface area contributed by atoms with Crippen LogP contribution in [0.2, 0.25) is 0 Å². The third-order valence-electron chi connectivity index (χ3n) is 2.90. The molecular weight excluding hydrogens is 168 g/mol. The van der Waals surface area contributed by atoms with E-state index in [2.05, 4.69) is 59.8 Å². The van der Waals surface area contributed by atoms with E-state index in [1.165, 1.54) is 0 Å². The van der Waals surface area contributed by atoms with Gasteiger partial charge in [0.25, 0.3) is 0 Å². The quantitative estimate of drug-likeness (QED) is 0.527. The smallest absolute Gasteiger partial charge is 0.00698 e. The molecule has 0 unspecified atom stereocenters. The summed E-state index contributed by atoms with van der Waals surface area (Å²) in [6, 6.07) is 0. The van der Waals surface area contributed by atoms with Crippen LogP contribution in [0.5, 0.6) is 0 Å². The average Bonchev–Trinajstić information content (AvgIpc) is 2.01. The Hall–Kier alpha value is -0.520. The molecule has 0 amide bonds. The van der Waals surface area contributed by atoms with Crippen LogP contribution in [0.3, 0.4) is 0 Å². The van der Waals surface area contributed by atoms with Gasteiger partial charge in [0.15, 0.2) is 0 Å². The zero-order valence-electron chi connectivity index (χ0n) is 10.4. The molecule has 0 spiro atoms. The maximum Gasteiger partial charge on any atom is 0.00698 e. The van der Waals surface area contributed by atoms with E-state index in [9.17, 15) is 0 Å². The summed E-state index contributed by atoms with van der Waals surface area (Å²) in [7, 11) is 0. The summed E-state index contributed by atoms with van der Waals surface area (Å²) in [4.78, 5) is 0. The molecule has 0 heterocycles. The van der Waals surface area contributed by atoms with E-state index >= 15 is 0 Å². The average molecular weight is 191 g/mol. The summed E-state index contributed by atoms with van der Waals surface area (Å²) in [6.07, 6.45) is 7.89. The van der Waals surface area contributed by atoms with E-state index in [1.54, 1.807) is 11.5 Å². The fraction of sp³-hybridized carbons (Fsp3) is 0.643. The lowest BCUT2D eigenvalue weighted by molar-refractivity contribution is 0.410. The lowest BCUT2D eigenvalue weighted by atomic mass is 9.70. The molecule has 0 aliphatic heterocycles. The van der Waals surface area contributed by atoms with Crippen molar-refractivity contribution in [1.29, 1.82) is 0 Å². The van der Waals surface area contributed by atoms with Crippen molar-refractivity contribution in [2.45, 2.75) is 48.0 Å². The Morgan fingerprint density at radius 1 is 0.929 bits per heavy atom. The summed E-state index contributed by atoms with van der Waals surface area (Å²) < 4.78 is 0. The Labute approximate surface area is 89.1 Å². The van der Waals surface area contributed by atoms with Crippen LogP contribution in [0.4, 0.5) is 0 Å². The highest BCUT2D eigenvalue weighted by molar-refractivity contribution is 5.34. The van der Waals surface area contributed by atoms with Crippen LogP contribution in [-0.2, 0) is 0 Å². The first-order valence-electron chi connectivity index (χ1n) is 5.45. The van der Waals surface area contributed by atoms with Crippen LogP contribution < -0.4 is 0 Å². The van der Waals surface area contributed by atoms with Crippen LogP contribution in [-0.4, -0.2) is 0 Å². The van der Waals surface area contributed by atoms with Crippen LogP contribution in [0.25, 0.3) is 0 Å².